The van der Waals surface area contributed by atoms with Crippen molar-refractivity contribution in [2.75, 3.05) is 0 Å². The smallest absolute Gasteiger partial charge is 0.0149 e. The fraction of sp³-hybridized carbons (Fsp3) is 0.818. The second kappa shape index (κ2) is 2.66. The van der Waals surface area contributed by atoms with Crippen molar-refractivity contribution in [2.45, 2.75) is 40.5 Å². The fourth-order valence-electron chi connectivity index (χ4n) is 2.08. The van der Waals surface area contributed by atoms with Crippen molar-refractivity contribution in [3.05, 3.63) is 12.2 Å². The molecule has 0 amide bonds. The number of hydrogen-bond donors (Lipinski definition) is 0. The molecular weight excluding hydrogens is 132 g/mol. The first-order chi connectivity index (χ1) is 5.00. The van der Waals surface area contributed by atoms with E-state index in [0.717, 1.165) is 18.3 Å². The van der Waals surface area contributed by atoms with E-state index in [2.05, 4.69) is 34.3 Å². The van der Waals surface area contributed by atoms with Crippen LogP contribution in [0.1, 0.15) is 40.5 Å². The molecule has 0 aromatic carbocycles. The standard InChI is InChI=1S/C11H20/c1-6-8(2)10-7-9(3)11(10,4)5/h9-10H,2,6-7H2,1,3-5H3. The van der Waals surface area contributed by atoms with E-state index < -0.39 is 0 Å². The fourth-order valence-corrected chi connectivity index (χ4v) is 2.08. The highest BCUT2D eigenvalue weighted by Crippen LogP contribution is 2.54. The maximum atomic E-state index is 4.13. The zero-order valence-corrected chi connectivity index (χ0v) is 8.28. The summed E-state index contributed by atoms with van der Waals surface area (Å²) in [7, 11) is 0. The molecule has 1 rings (SSSR count). The second-order valence-corrected chi connectivity index (χ2v) is 4.52. The minimum absolute atomic E-state index is 0.521. The monoisotopic (exact) mass is 152 g/mol. The summed E-state index contributed by atoms with van der Waals surface area (Å²) >= 11 is 0. The topological polar surface area (TPSA) is 0 Å². The summed E-state index contributed by atoms with van der Waals surface area (Å²) in [4.78, 5) is 0. The number of allylic oxidation sites excluding steroid dienone is 1. The Kier molecular flexibility index (Phi) is 2.13. The lowest BCUT2D eigenvalue weighted by atomic mass is 9.53. The highest BCUT2D eigenvalue weighted by Gasteiger charge is 2.45. The highest BCUT2D eigenvalue weighted by molar-refractivity contribution is 5.12. The summed E-state index contributed by atoms with van der Waals surface area (Å²) in [5.74, 6) is 1.68. The summed E-state index contributed by atoms with van der Waals surface area (Å²) in [5.41, 5.74) is 1.97. The summed E-state index contributed by atoms with van der Waals surface area (Å²) in [6, 6.07) is 0. The maximum Gasteiger partial charge on any atom is -0.0149 e. The summed E-state index contributed by atoms with van der Waals surface area (Å²) in [5, 5.41) is 0. The molecule has 0 saturated heterocycles. The van der Waals surface area contributed by atoms with E-state index in [1.54, 1.807) is 0 Å². The van der Waals surface area contributed by atoms with Crippen molar-refractivity contribution < 1.29 is 0 Å². The molecule has 11 heavy (non-hydrogen) atoms. The van der Waals surface area contributed by atoms with Gasteiger partial charge in [-0.1, -0.05) is 39.8 Å². The van der Waals surface area contributed by atoms with Gasteiger partial charge in [0.1, 0.15) is 0 Å². The van der Waals surface area contributed by atoms with Gasteiger partial charge in [-0.3, -0.25) is 0 Å². The molecule has 2 atom stereocenters. The van der Waals surface area contributed by atoms with E-state index in [0.29, 0.717) is 5.41 Å². The van der Waals surface area contributed by atoms with Gasteiger partial charge < -0.3 is 0 Å². The SMILES string of the molecule is C=C(CC)C1CC(C)C1(C)C. The minimum atomic E-state index is 0.521. The summed E-state index contributed by atoms with van der Waals surface area (Å²) < 4.78 is 0. The van der Waals surface area contributed by atoms with E-state index in [-0.39, 0.29) is 0 Å². The van der Waals surface area contributed by atoms with Crippen LogP contribution in [-0.2, 0) is 0 Å². The third-order valence-corrected chi connectivity index (χ3v) is 3.70. The van der Waals surface area contributed by atoms with E-state index in [9.17, 15) is 0 Å². The molecular formula is C11H20. The van der Waals surface area contributed by atoms with Gasteiger partial charge in [0.2, 0.25) is 0 Å². The van der Waals surface area contributed by atoms with Crippen molar-refractivity contribution in [1.82, 2.24) is 0 Å². The van der Waals surface area contributed by atoms with Crippen LogP contribution >= 0.6 is 0 Å². The van der Waals surface area contributed by atoms with Crippen molar-refractivity contribution in [3.8, 4) is 0 Å². The van der Waals surface area contributed by atoms with Crippen molar-refractivity contribution in [1.29, 1.82) is 0 Å². The van der Waals surface area contributed by atoms with Gasteiger partial charge in [0.05, 0.1) is 0 Å². The lowest BCUT2D eigenvalue weighted by Gasteiger charge is -2.52. The van der Waals surface area contributed by atoms with Crippen LogP contribution in [0.2, 0.25) is 0 Å². The first-order valence-electron chi connectivity index (χ1n) is 4.67. The first-order valence-corrected chi connectivity index (χ1v) is 4.67. The molecule has 0 N–H and O–H groups in total. The van der Waals surface area contributed by atoms with Gasteiger partial charge in [0, 0.05) is 0 Å². The van der Waals surface area contributed by atoms with E-state index in [1.807, 2.05) is 0 Å². The molecule has 0 radical (unpaired) electrons. The average Bonchev–Trinajstić information content (AvgIpc) is 1.98. The third-order valence-electron chi connectivity index (χ3n) is 3.70. The predicted molar refractivity (Wildman–Crippen MR) is 50.5 cm³/mol. The van der Waals surface area contributed by atoms with Crippen molar-refractivity contribution in [2.24, 2.45) is 17.3 Å². The molecule has 1 aliphatic rings. The quantitative estimate of drug-likeness (QED) is 0.530. The zero-order valence-electron chi connectivity index (χ0n) is 8.28. The van der Waals surface area contributed by atoms with Crippen LogP contribution < -0.4 is 0 Å². The summed E-state index contributed by atoms with van der Waals surface area (Å²) in [6.07, 6.45) is 2.51. The van der Waals surface area contributed by atoms with Crippen LogP contribution in [0.25, 0.3) is 0 Å². The van der Waals surface area contributed by atoms with Crippen LogP contribution in [0.3, 0.4) is 0 Å². The van der Waals surface area contributed by atoms with Gasteiger partial charge in [0.25, 0.3) is 0 Å². The van der Waals surface area contributed by atoms with E-state index >= 15 is 0 Å². The lowest BCUT2D eigenvalue weighted by Crippen LogP contribution is -2.43. The number of hydrogen-bond acceptors (Lipinski definition) is 0. The highest BCUT2D eigenvalue weighted by atomic mass is 14.5. The van der Waals surface area contributed by atoms with E-state index in [1.165, 1.54) is 12.0 Å². The number of rotatable bonds is 2. The van der Waals surface area contributed by atoms with Crippen molar-refractivity contribution in [3.63, 3.8) is 0 Å². The van der Waals surface area contributed by atoms with Gasteiger partial charge in [0.15, 0.2) is 0 Å². The molecule has 0 aliphatic heterocycles. The van der Waals surface area contributed by atoms with Crippen LogP contribution in [0.15, 0.2) is 12.2 Å². The predicted octanol–water partition coefficient (Wildman–Crippen LogP) is 3.63. The Morgan fingerprint density at radius 3 is 2.36 bits per heavy atom. The van der Waals surface area contributed by atoms with Gasteiger partial charge in [-0.15, -0.1) is 0 Å². The van der Waals surface area contributed by atoms with Crippen LogP contribution in [0, 0.1) is 17.3 Å². The van der Waals surface area contributed by atoms with Crippen LogP contribution in [-0.4, -0.2) is 0 Å². The van der Waals surface area contributed by atoms with Crippen LogP contribution in [0.5, 0.6) is 0 Å². The Balaban J connectivity index is 2.59. The Hall–Kier alpha value is -0.260. The molecule has 0 aromatic heterocycles. The molecule has 2 unspecified atom stereocenters. The second-order valence-electron chi connectivity index (χ2n) is 4.52. The van der Waals surface area contributed by atoms with Gasteiger partial charge >= 0.3 is 0 Å². The Morgan fingerprint density at radius 2 is 2.09 bits per heavy atom. The van der Waals surface area contributed by atoms with Gasteiger partial charge in [-0.05, 0) is 30.1 Å². The van der Waals surface area contributed by atoms with Gasteiger partial charge in [-0.25, -0.2) is 0 Å². The van der Waals surface area contributed by atoms with Crippen LogP contribution in [0.4, 0.5) is 0 Å². The average molecular weight is 152 g/mol. The molecule has 0 aromatic rings. The molecule has 0 spiro atoms. The van der Waals surface area contributed by atoms with E-state index in [4.69, 9.17) is 0 Å². The first kappa shape index (κ1) is 8.83. The lowest BCUT2D eigenvalue weighted by molar-refractivity contribution is 0.0165. The summed E-state index contributed by atoms with van der Waals surface area (Å²) in [6.45, 7) is 13.4. The maximum absolute atomic E-state index is 4.13. The Morgan fingerprint density at radius 1 is 1.55 bits per heavy atom. The molecule has 0 heterocycles. The van der Waals surface area contributed by atoms with Crippen molar-refractivity contribution >= 4 is 0 Å². The Bertz CT molecular complexity index is 165. The normalized spacial score (nSPS) is 34.5. The Labute approximate surface area is 70.7 Å². The minimum Gasteiger partial charge on any atom is -0.0996 e. The largest absolute Gasteiger partial charge is 0.0996 e. The molecule has 1 saturated carbocycles. The molecule has 1 aliphatic carbocycles. The molecule has 0 heteroatoms. The molecule has 0 bridgehead atoms. The zero-order chi connectivity index (χ0) is 8.65. The third kappa shape index (κ3) is 1.23. The molecule has 64 valence electrons. The molecule has 0 nitrogen and oxygen atoms in total. The van der Waals surface area contributed by atoms with Gasteiger partial charge in [-0.2, -0.15) is 0 Å². The molecule has 1 fully saturated rings.